The first-order valence-corrected chi connectivity index (χ1v) is 5.63. The fraction of sp³-hybridized carbons (Fsp3) is 0.500. The van der Waals surface area contributed by atoms with Crippen molar-refractivity contribution in [3.8, 4) is 0 Å². The molecule has 1 saturated heterocycles. The zero-order valence-corrected chi connectivity index (χ0v) is 8.90. The van der Waals surface area contributed by atoms with Crippen molar-refractivity contribution in [2.24, 2.45) is 0 Å². The van der Waals surface area contributed by atoms with Gasteiger partial charge in [-0.3, -0.25) is 4.79 Å². The molecule has 1 aromatic heterocycles. The highest BCUT2D eigenvalue weighted by Gasteiger charge is 2.27. The molecule has 1 fully saturated rings. The first kappa shape index (κ1) is 10.6. The Morgan fingerprint density at radius 1 is 1.67 bits per heavy atom. The Morgan fingerprint density at radius 3 is 3.20 bits per heavy atom. The van der Waals surface area contributed by atoms with Gasteiger partial charge in [-0.15, -0.1) is 11.3 Å². The van der Waals surface area contributed by atoms with Crippen molar-refractivity contribution in [3.05, 3.63) is 22.4 Å². The molecule has 1 aliphatic rings. The highest BCUT2D eigenvalue weighted by molar-refractivity contribution is 7.09. The van der Waals surface area contributed by atoms with Crippen LogP contribution in [0.2, 0.25) is 0 Å². The second-order valence-electron chi connectivity index (χ2n) is 3.40. The van der Waals surface area contributed by atoms with E-state index < -0.39 is 5.97 Å². The van der Waals surface area contributed by atoms with Gasteiger partial charge in [-0.2, -0.15) is 0 Å². The number of rotatable bonds is 4. The van der Waals surface area contributed by atoms with E-state index >= 15 is 0 Å². The van der Waals surface area contributed by atoms with Gasteiger partial charge in [-0.1, -0.05) is 6.07 Å². The van der Waals surface area contributed by atoms with E-state index in [4.69, 9.17) is 14.6 Å². The molecule has 1 N–H and O–H groups in total. The van der Waals surface area contributed by atoms with Gasteiger partial charge in [0.05, 0.1) is 19.1 Å². The number of aliphatic carboxylic acids is 1. The lowest BCUT2D eigenvalue weighted by Crippen LogP contribution is -2.17. The Labute approximate surface area is 91.4 Å². The van der Waals surface area contributed by atoms with Crippen molar-refractivity contribution in [2.45, 2.75) is 25.2 Å². The van der Waals surface area contributed by atoms with Gasteiger partial charge in [0.2, 0.25) is 0 Å². The third-order valence-electron chi connectivity index (χ3n) is 2.16. The lowest BCUT2D eigenvalue weighted by Gasteiger charge is -2.08. The summed E-state index contributed by atoms with van der Waals surface area (Å²) in [6.07, 6.45) is 0.134. The number of thiophene rings is 1. The Hall–Kier alpha value is -0.910. The minimum Gasteiger partial charge on any atom is -0.481 e. The summed E-state index contributed by atoms with van der Waals surface area (Å²) in [6, 6.07) is 3.99. The van der Waals surface area contributed by atoms with Gasteiger partial charge in [0.15, 0.2) is 6.29 Å². The van der Waals surface area contributed by atoms with Crippen LogP contribution in [0, 0.1) is 0 Å². The first-order chi connectivity index (χ1) is 7.24. The van der Waals surface area contributed by atoms with Gasteiger partial charge >= 0.3 is 5.97 Å². The Bertz CT molecular complexity index is 322. The van der Waals surface area contributed by atoms with E-state index in [0.717, 1.165) is 0 Å². The quantitative estimate of drug-likeness (QED) is 0.848. The molecule has 2 heterocycles. The van der Waals surface area contributed by atoms with Crippen molar-refractivity contribution < 1.29 is 19.4 Å². The van der Waals surface area contributed by atoms with Gasteiger partial charge in [0, 0.05) is 11.3 Å². The van der Waals surface area contributed by atoms with Crippen molar-refractivity contribution >= 4 is 17.3 Å². The molecule has 0 radical (unpaired) electrons. The van der Waals surface area contributed by atoms with E-state index in [-0.39, 0.29) is 18.8 Å². The molecule has 5 heteroatoms. The Kier molecular flexibility index (Phi) is 3.35. The summed E-state index contributed by atoms with van der Waals surface area (Å²) >= 11 is 1.65. The van der Waals surface area contributed by atoms with Crippen LogP contribution < -0.4 is 0 Å². The van der Waals surface area contributed by atoms with E-state index in [2.05, 4.69) is 0 Å². The van der Waals surface area contributed by atoms with Crippen molar-refractivity contribution in [1.29, 1.82) is 0 Å². The van der Waals surface area contributed by atoms with Crippen LogP contribution in [-0.4, -0.2) is 30.1 Å². The van der Waals surface area contributed by atoms with E-state index in [9.17, 15) is 4.79 Å². The van der Waals surface area contributed by atoms with Crippen LogP contribution in [0.4, 0.5) is 0 Å². The zero-order chi connectivity index (χ0) is 10.7. The van der Waals surface area contributed by atoms with Gasteiger partial charge in [0.1, 0.15) is 0 Å². The number of carboxylic acids is 1. The maximum absolute atomic E-state index is 10.4. The van der Waals surface area contributed by atoms with Crippen LogP contribution in [0.1, 0.15) is 11.3 Å². The number of hydrogen-bond acceptors (Lipinski definition) is 4. The van der Waals surface area contributed by atoms with E-state index in [1.165, 1.54) is 4.88 Å². The maximum atomic E-state index is 10.4. The molecule has 15 heavy (non-hydrogen) atoms. The lowest BCUT2D eigenvalue weighted by atomic mass is 10.3. The molecular formula is C10H12O4S. The van der Waals surface area contributed by atoms with Gasteiger partial charge in [-0.05, 0) is 11.4 Å². The Balaban J connectivity index is 1.80. The largest absolute Gasteiger partial charge is 0.481 e. The normalized spacial score (nSPS) is 25.6. The SMILES string of the molecule is O=C(O)CC1COC(Cc2cccs2)O1. The molecule has 2 atom stereocenters. The topological polar surface area (TPSA) is 55.8 Å². The van der Waals surface area contributed by atoms with Gasteiger partial charge in [0.25, 0.3) is 0 Å². The smallest absolute Gasteiger partial charge is 0.306 e. The molecule has 82 valence electrons. The summed E-state index contributed by atoms with van der Waals surface area (Å²) in [6.45, 7) is 0.377. The van der Waals surface area contributed by atoms with Crippen LogP contribution in [-0.2, 0) is 20.7 Å². The number of ether oxygens (including phenoxy) is 2. The molecule has 0 saturated carbocycles. The summed E-state index contributed by atoms with van der Waals surface area (Å²) in [5.74, 6) is -0.847. The van der Waals surface area contributed by atoms with Crippen LogP contribution in [0.15, 0.2) is 17.5 Å². The second-order valence-corrected chi connectivity index (χ2v) is 4.43. The molecule has 2 unspecified atom stereocenters. The highest BCUT2D eigenvalue weighted by Crippen LogP contribution is 2.20. The molecule has 2 rings (SSSR count). The predicted molar refractivity (Wildman–Crippen MR) is 54.9 cm³/mol. The minimum atomic E-state index is -0.847. The summed E-state index contributed by atoms with van der Waals surface area (Å²) in [7, 11) is 0. The molecule has 0 bridgehead atoms. The van der Waals surface area contributed by atoms with Crippen molar-refractivity contribution in [2.75, 3.05) is 6.61 Å². The predicted octanol–water partition coefficient (Wildman–Crippen LogP) is 1.51. The number of carboxylic acid groups (broad SMARTS) is 1. The first-order valence-electron chi connectivity index (χ1n) is 4.75. The van der Waals surface area contributed by atoms with Crippen LogP contribution in [0.5, 0.6) is 0 Å². The third kappa shape index (κ3) is 3.02. The Morgan fingerprint density at radius 2 is 2.53 bits per heavy atom. The maximum Gasteiger partial charge on any atom is 0.306 e. The molecule has 0 aliphatic carbocycles. The van der Waals surface area contributed by atoms with Crippen LogP contribution >= 0.6 is 11.3 Å². The summed E-state index contributed by atoms with van der Waals surface area (Å²) < 4.78 is 10.8. The van der Waals surface area contributed by atoms with Crippen LogP contribution in [0.25, 0.3) is 0 Å². The van der Waals surface area contributed by atoms with E-state index in [0.29, 0.717) is 13.0 Å². The standard InChI is InChI=1S/C10H12O4S/c11-9(12)4-7-6-13-10(14-7)5-8-2-1-3-15-8/h1-3,7,10H,4-6H2,(H,11,12). The highest BCUT2D eigenvalue weighted by atomic mass is 32.1. The number of hydrogen-bond donors (Lipinski definition) is 1. The molecule has 1 aromatic rings. The summed E-state index contributed by atoms with van der Waals surface area (Å²) in [5, 5.41) is 10.6. The van der Waals surface area contributed by atoms with Gasteiger partial charge in [-0.25, -0.2) is 0 Å². The molecule has 4 nitrogen and oxygen atoms in total. The van der Waals surface area contributed by atoms with E-state index in [1.807, 2.05) is 17.5 Å². The fourth-order valence-electron chi connectivity index (χ4n) is 1.51. The minimum absolute atomic E-state index is 0.0148. The summed E-state index contributed by atoms with van der Waals surface area (Å²) in [4.78, 5) is 11.6. The molecule has 0 aromatic carbocycles. The zero-order valence-electron chi connectivity index (χ0n) is 8.09. The summed E-state index contributed by atoms with van der Waals surface area (Å²) in [5.41, 5.74) is 0. The lowest BCUT2D eigenvalue weighted by molar-refractivity contribution is -0.140. The molecule has 1 aliphatic heterocycles. The van der Waals surface area contributed by atoms with E-state index in [1.54, 1.807) is 11.3 Å². The second kappa shape index (κ2) is 4.74. The third-order valence-corrected chi connectivity index (χ3v) is 3.06. The van der Waals surface area contributed by atoms with Crippen molar-refractivity contribution in [1.82, 2.24) is 0 Å². The molecular weight excluding hydrogens is 216 g/mol. The van der Waals surface area contributed by atoms with Gasteiger partial charge < -0.3 is 14.6 Å². The van der Waals surface area contributed by atoms with Crippen LogP contribution in [0.3, 0.4) is 0 Å². The molecule has 0 spiro atoms. The monoisotopic (exact) mass is 228 g/mol. The van der Waals surface area contributed by atoms with Crippen molar-refractivity contribution in [3.63, 3.8) is 0 Å². The molecule has 0 amide bonds. The average molecular weight is 228 g/mol. The average Bonchev–Trinajstić information content (AvgIpc) is 2.77. The fourth-order valence-corrected chi connectivity index (χ4v) is 2.23. The number of carbonyl (C=O) groups is 1.